The van der Waals surface area contributed by atoms with Crippen molar-refractivity contribution < 1.29 is 28.6 Å². The molecule has 0 fully saturated rings. The highest BCUT2D eigenvalue weighted by Gasteiger charge is 2.19. The molecule has 478 valence electrons. The second-order valence-electron chi connectivity index (χ2n) is 24.5. The van der Waals surface area contributed by atoms with E-state index in [4.69, 9.17) is 14.2 Å². The average Bonchev–Trinajstić information content (AvgIpc) is 3.47. The maximum Gasteiger partial charge on any atom is 0.306 e. The number of esters is 3. The van der Waals surface area contributed by atoms with E-state index in [9.17, 15) is 14.4 Å². The number of allylic oxidation sites excluding steroid dienone is 10. The van der Waals surface area contributed by atoms with E-state index in [1.807, 2.05) is 0 Å². The molecule has 0 saturated heterocycles. The van der Waals surface area contributed by atoms with Crippen molar-refractivity contribution in [2.75, 3.05) is 13.2 Å². The number of rotatable bonds is 67. The molecule has 1 atom stereocenters. The van der Waals surface area contributed by atoms with Gasteiger partial charge in [-0.25, -0.2) is 0 Å². The molecule has 6 nitrogen and oxygen atoms in total. The summed E-state index contributed by atoms with van der Waals surface area (Å²) in [7, 11) is 0. The van der Waals surface area contributed by atoms with Gasteiger partial charge in [0.1, 0.15) is 13.2 Å². The van der Waals surface area contributed by atoms with Crippen molar-refractivity contribution in [3.8, 4) is 0 Å². The Morgan fingerprint density at radius 1 is 0.244 bits per heavy atom. The lowest BCUT2D eigenvalue weighted by molar-refractivity contribution is -0.167. The van der Waals surface area contributed by atoms with E-state index in [-0.39, 0.29) is 31.1 Å². The predicted octanol–water partition coefficient (Wildman–Crippen LogP) is 25.1. The summed E-state index contributed by atoms with van der Waals surface area (Å²) in [6.45, 7) is 6.63. The first-order valence-corrected chi connectivity index (χ1v) is 36.3. The van der Waals surface area contributed by atoms with E-state index in [1.165, 1.54) is 250 Å². The van der Waals surface area contributed by atoms with E-state index in [1.54, 1.807) is 0 Å². The van der Waals surface area contributed by atoms with Crippen LogP contribution in [0.3, 0.4) is 0 Å². The summed E-state index contributed by atoms with van der Waals surface area (Å²) in [6.07, 6.45) is 91.3. The topological polar surface area (TPSA) is 78.9 Å². The first kappa shape index (κ1) is 79.1. The summed E-state index contributed by atoms with van der Waals surface area (Å²) in [6, 6.07) is 0. The van der Waals surface area contributed by atoms with Crippen LogP contribution < -0.4 is 0 Å². The molecule has 0 aliphatic carbocycles. The highest BCUT2D eigenvalue weighted by molar-refractivity contribution is 5.71. The van der Waals surface area contributed by atoms with Crippen LogP contribution in [0.5, 0.6) is 0 Å². The van der Waals surface area contributed by atoms with E-state index in [0.29, 0.717) is 19.3 Å². The number of hydrogen-bond acceptors (Lipinski definition) is 6. The van der Waals surface area contributed by atoms with Crippen molar-refractivity contribution in [3.05, 3.63) is 60.8 Å². The summed E-state index contributed by atoms with van der Waals surface area (Å²) in [5, 5.41) is 0. The van der Waals surface area contributed by atoms with E-state index >= 15 is 0 Å². The van der Waals surface area contributed by atoms with Crippen molar-refractivity contribution in [2.24, 2.45) is 0 Å². The summed E-state index contributed by atoms with van der Waals surface area (Å²) >= 11 is 0. The average molecular weight is 1150 g/mol. The van der Waals surface area contributed by atoms with E-state index in [2.05, 4.69) is 81.5 Å². The molecule has 0 aromatic rings. The minimum atomic E-state index is -0.784. The monoisotopic (exact) mass is 1150 g/mol. The summed E-state index contributed by atoms with van der Waals surface area (Å²) < 4.78 is 16.9. The molecule has 1 unspecified atom stereocenters. The van der Waals surface area contributed by atoms with Crippen molar-refractivity contribution in [1.82, 2.24) is 0 Å². The quantitative estimate of drug-likeness (QED) is 0.0261. The Morgan fingerprint density at radius 2 is 0.439 bits per heavy atom. The fourth-order valence-corrected chi connectivity index (χ4v) is 10.7. The standard InChI is InChI=1S/C76H138O6/c1-4-7-10-13-16-19-22-25-27-29-30-31-32-33-34-35-36-37-38-39-40-41-42-43-44-45-46-47-49-51-54-57-60-63-66-69-75(78)81-72-73(71-80-74(77)68-65-62-59-56-53-50-24-21-18-15-12-9-6-3)82-76(79)70-67-64-61-58-55-52-48-28-26-23-20-17-14-11-8-5-2/h20-25,28-30,48,73H,4-19,26-27,31-47,49-72H2,1-3H3/b23-20-,24-21-,25-22-,30-29-,48-28-. The Morgan fingerprint density at radius 3 is 0.695 bits per heavy atom. The van der Waals surface area contributed by atoms with Crippen LogP contribution in [-0.2, 0) is 28.6 Å². The molecule has 0 saturated carbocycles. The van der Waals surface area contributed by atoms with Gasteiger partial charge in [0, 0.05) is 19.3 Å². The molecular formula is C76H138O6. The fourth-order valence-electron chi connectivity index (χ4n) is 10.7. The SMILES string of the molecule is CCCCCC/C=C\C/C=C\CCCCCCCC(=O)OC(COC(=O)CCCCCCC/C=C\CCCCCC)COC(=O)CCCCCCCCCCCCCCCCCCCCCCCCC/C=C\C/C=C\CCCCCCC. The second kappa shape index (κ2) is 70.6. The van der Waals surface area contributed by atoms with Gasteiger partial charge in [-0.05, 0) is 109 Å². The Labute approximate surface area is 510 Å². The Bertz CT molecular complexity index is 1460. The molecule has 0 bridgehead atoms. The van der Waals surface area contributed by atoms with E-state index < -0.39 is 6.10 Å². The molecule has 0 N–H and O–H groups in total. The zero-order valence-corrected chi connectivity index (χ0v) is 55.0. The van der Waals surface area contributed by atoms with E-state index in [0.717, 1.165) is 96.3 Å². The lowest BCUT2D eigenvalue weighted by Gasteiger charge is -2.18. The van der Waals surface area contributed by atoms with Gasteiger partial charge >= 0.3 is 17.9 Å². The van der Waals surface area contributed by atoms with Crippen molar-refractivity contribution in [2.45, 2.75) is 393 Å². The Balaban J connectivity index is 4.09. The van der Waals surface area contributed by atoms with Crippen LogP contribution in [0.15, 0.2) is 60.8 Å². The van der Waals surface area contributed by atoms with Crippen LogP contribution in [0.4, 0.5) is 0 Å². The molecule has 6 heteroatoms. The molecule has 0 heterocycles. The molecule has 0 amide bonds. The van der Waals surface area contributed by atoms with Gasteiger partial charge in [0.2, 0.25) is 0 Å². The zero-order valence-electron chi connectivity index (χ0n) is 55.0. The molecule has 0 aromatic carbocycles. The number of ether oxygens (including phenoxy) is 3. The third-order valence-corrected chi connectivity index (χ3v) is 16.2. The highest BCUT2D eigenvalue weighted by atomic mass is 16.6. The van der Waals surface area contributed by atoms with Crippen LogP contribution in [0.2, 0.25) is 0 Å². The minimum absolute atomic E-state index is 0.0785. The van der Waals surface area contributed by atoms with Crippen LogP contribution in [-0.4, -0.2) is 37.2 Å². The molecule has 0 spiro atoms. The lowest BCUT2D eigenvalue weighted by Crippen LogP contribution is -2.30. The third kappa shape index (κ3) is 67.9. The van der Waals surface area contributed by atoms with Gasteiger partial charge in [0.15, 0.2) is 6.10 Å². The van der Waals surface area contributed by atoms with Crippen molar-refractivity contribution in [1.29, 1.82) is 0 Å². The Hall–Kier alpha value is -2.89. The Kier molecular flexibility index (Phi) is 68.1. The second-order valence-corrected chi connectivity index (χ2v) is 24.5. The maximum absolute atomic E-state index is 12.9. The van der Waals surface area contributed by atoms with Gasteiger partial charge in [0.05, 0.1) is 0 Å². The van der Waals surface area contributed by atoms with Gasteiger partial charge < -0.3 is 14.2 Å². The molecule has 0 rings (SSSR count). The largest absolute Gasteiger partial charge is 0.462 e. The fraction of sp³-hybridized carbons (Fsp3) is 0.829. The summed E-state index contributed by atoms with van der Waals surface area (Å²) in [5.41, 5.74) is 0. The van der Waals surface area contributed by atoms with Gasteiger partial charge in [0.25, 0.3) is 0 Å². The zero-order chi connectivity index (χ0) is 59.2. The van der Waals surface area contributed by atoms with Crippen LogP contribution >= 0.6 is 0 Å². The number of carbonyl (C=O) groups is 3. The molecular weight excluding hydrogens is 1010 g/mol. The number of hydrogen-bond donors (Lipinski definition) is 0. The first-order valence-electron chi connectivity index (χ1n) is 36.3. The van der Waals surface area contributed by atoms with Crippen LogP contribution in [0, 0.1) is 0 Å². The summed E-state index contributed by atoms with van der Waals surface area (Å²) in [4.78, 5) is 38.3. The van der Waals surface area contributed by atoms with Gasteiger partial charge in [-0.2, -0.15) is 0 Å². The highest BCUT2D eigenvalue weighted by Crippen LogP contribution is 2.18. The molecule has 0 aliphatic rings. The van der Waals surface area contributed by atoms with Crippen molar-refractivity contribution >= 4 is 17.9 Å². The molecule has 0 aromatic heterocycles. The first-order chi connectivity index (χ1) is 40.5. The molecule has 0 radical (unpaired) electrons. The third-order valence-electron chi connectivity index (χ3n) is 16.2. The van der Waals surface area contributed by atoms with Crippen molar-refractivity contribution in [3.63, 3.8) is 0 Å². The summed E-state index contributed by atoms with van der Waals surface area (Å²) in [5.74, 6) is -0.880. The van der Waals surface area contributed by atoms with Gasteiger partial charge in [-0.1, -0.05) is 319 Å². The number of unbranched alkanes of at least 4 members (excludes halogenated alkanes) is 46. The van der Waals surface area contributed by atoms with Crippen LogP contribution in [0.25, 0.3) is 0 Å². The molecule has 82 heavy (non-hydrogen) atoms. The van der Waals surface area contributed by atoms with Crippen LogP contribution in [0.1, 0.15) is 387 Å². The van der Waals surface area contributed by atoms with Gasteiger partial charge in [-0.15, -0.1) is 0 Å². The number of carbonyl (C=O) groups excluding carboxylic acids is 3. The minimum Gasteiger partial charge on any atom is -0.462 e. The smallest absolute Gasteiger partial charge is 0.306 e. The maximum atomic E-state index is 12.9. The molecule has 0 aliphatic heterocycles. The predicted molar refractivity (Wildman–Crippen MR) is 358 cm³/mol. The lowest BCUT2D eigenvalue weighted by atomic mass is 10.0. The normalized spacial score (nSPS) is 12.4. The van der Waals surface area contributed by atoms with Gasteiger partial charge in [-0.3, -0.25) is 14.4 Å².